The van der Waals surface area contributed by atoms with E-state index in [-0.39, 0.29) is 24.9 Å². The largest absolute Gasteiger partial charge is 0.417 e. The van der Waals surface area contributed by atoms with Gasteiger partial charge in [-0.25, -0.2) is 4.98 Å². The SMILES string of the molecule is C[C@@H]1CN(C(=O)C(=O)Nc2ccc3c(c2)CCC(=O)C3)CCN1c1ccc(C(F)(F)F)cn1. The molecule has 4 rings (SSSR count). The summed E-state index contributed by atoms with van der Waals surface area (Å²) >= 11 is 0. The molecule has 33 heavy (non-hydrogen) atoms. The Kier molecular flexibility index (Phi) is 6.09. The number of pyridine rings is 1. The first-order valence-electron chi connectivity index (χ1n) is 10.7. The number of carbonyl (C=O) groups excluding carboxylic acids is 3. The molecule has 1 aliphatic carbocycles. The number of piperazine rings is 1. The first-order chi connectivity index (χ1) is 15.6. The maximum Gasteiger partial charge on any atom is 0.417 e. The van der Waals surface area contributed by atoms with Crippen molar-refractivity contribution < 1.29 is 27.6 Å². The zero-order valence-electron chi connectivity index (χ0n) is 18.0. The van der Waals surface area contributed by atoms with Gasteiger partial charge in [-0.15, -0.1) is 0 Å². The number of hydrogen-bond donors (Lipinski definition) is 1. The number of aryl methyl sites for hydroxylation is 1. The fourth-order valence-corrected chi connectivity index (χ4v) is 4.22. The van der Waals surface area contributed by atoms with Crippen LogP contribution in [0.4, 0.5) is 24.7 Å². The number of benzene rings is 1. The average Bonchev–Trinajstić information content (AvgIpc) is 2.78. The van der Waals surface area contributed by atoms with E-state index in [0.717, 1.165) is 23.4 Å². The fraction of sp³-hybridized carbons (Fsp3) is 0.391. The van der Waals surface area contributed by atoms with Crippen LogP contribution in [-0.4, -0.2) is 53.2 Å². The second-order valence-electron chi connectivity index (χ2n) is 8.35. The van der Waals surface area contributed by atoms with Crippen molar-refractivity contribution in [2.45, 2.75) is 38.4 Å². The van der Waals surface area contributed by atoms with Gasteiger partial charge in [0.25, 0.3) is 0 Å². The van der Waals surface area contributed by atoms with E-state index in [2.05, 4.69) is 10.3 Å². The molecule has 0 saturated carbocycles. The summed E-state index contributed by atoms with van der Waals surface area (Å²) in [6, 6.07) is 7.33. The number of anilines is 2. The van der Waals surface area contributed by atoms with E-state index >= 15 is 0 Å². The number of amides is 2. The molecule has 10 heteroatoms. The highest BCUT2D eigenvalue weighted by Crippen LogP contribution is 2.30. The number of hydrogen-bond acceptors (Lipinski definition) is 5. The van der Waals surface area contributed by atoms with Crippen LogP contribution in [-0.2, 0) is 33.4 Å². The highest BCUT2D eigenvalue weighted by molar-refractivity contribution is 6.39. The van der Waals surface area contributed by atoms with Crippen LogP contribution in [0.5, 0.6) is 0 Å². The van der Waals surface area contributed by atoms with Crippen LogP contribution < -0.4 is 10.2 Å². The quantitative estimate of drug-likeness (QED) is 0.697. The van der Waals surface area contributed by atoms with Crippen LogP contribution in [0.2, 0.25) is 0 Å². The fourth-order valence-electron chi connectivity index (χ4n) is 4.22. The minimum Gasteiger partial charge on any atom is -0.350 e. The lowest BCUT2D eigenvalue weighted by atomic mass is 9.90. The minimum absolute atomic E-state index is 0.189. The zero-order chi connectivity index (χ0) is 23.8. The smallest absolute Gasteiger partial charge is 0.350 e. The number of fused-ring (bicyclic) bond motifs is 1. The average molecular weight is 460 g/mol. The summed E-state index contributed by atoms with van der Waals surface area (Å²) in [5, 5.41) is 2.63. The van der Waals surface area contributed by atoms with Crippen LogP contribution in [0, 0.1) is 0 Å². The highest BCUT2D eigenvalue weighted by atomic mass is 19.4. The summed E-state index contributed by atoms with van der Waals surface area (Å²) in [5.41, 5.74) is 1.61. The van der Waals surface area contributed by atoms with Gasteiger partial charge in [-0.3, -0.25) is 14.4 Å². The van der Waals surface area contributed by atoms with Gasteiger partial charge in [0.15, 0.2) is 0 Å². The number of nitrogens with zero attached hydrogens (tertiary/aromatic N) is 3. The van der Waals surface area contributed by atoms with E-state index in [0.29, 0.717) is 37.3 Å². The van der Waals surface area contributed by atoms with Gasteiger partial charge in [-0.05, 0) is 48.7 Å². The van der Waals surface area contributed by atoms with Crippen molar-refractivity contribution in [3.05, 3.63) is 53.2 Å². The van der Waals surface area contributed by atoms with Gasteiger partial charge in [-0.2, -0.15) is 13.2 Å². The molecule has 0 unspecified atom stereocenters. The number of ketones is 1. The molecule has 7 nitrogen and oxygen atoms in total. The van der Waals surface area contributed by atoms with E-state index in [4.69, 9.17) is 0 Å². The first-order valence-corrected chi connectivity index (χ1v) is 10.7. The number of nitrogens with one attached hydrogen (secondary N) is 1. The summed E-state index contributed by atoms with van der Waals surface area (Å²) < 4.78 is 38.3. The Morgan fingerprint density at radius 3 is 2.55 bits per heavy atom. The number of rotatable bonds is 2. The molecule has 1 aliphatic heterocycles. The number of aromatic nitrogens is 1. The van der Waals surface area contributed by atoms with E-state index in [1.54, 1.807) is 18.2 Å². The van der Waals surface area contributed by atoms with Crippen LogP contribution in [0.25, 0.3) is 0 Å². The summed E-state index contributed by atoms with van der Waals surface area (Å²) in [4.78, 5) is 44.0. The maximum atomic E-state index is 12.8. The summed E-state index contributed by atoms with van der Waals surface area (Å²) in [6.45, 7) is 2.64. The molecule has 2 heterocycles. The molecule has 1 atom stereocenters. The summed E-state index contributed by atoms with van der Waals surface area (Å²) in [6.07, 6.45) is -2.19. The van der Waals surface area contributed by atoms with Gasteiger partial charge in [0.05, 0.1) is 5.56 Å². The number of halogens is 3. The predicted molar refractivity (Wildman–Crippen MR) is 115 cm³/mol. The lowest BCUT2D eigenvalue weighted by Gasteiger charge is -2.40. The second kappa shape index (κ2) is 8.84. The Balaban J connectivity index is 1.36. The Morgan fingerprint density at radius 2 is 1.88 bits per heavy atom. The first kappa shape index (κ1) is 22.8. The highest BCUT2D eigenvalue weighted by Gasteiger charge is 2.33. The van der Waals surface area contributed by atoms with Crippen LogP contribution in [0.3, 0.4) is 0 Å². The van der Waals surface area contributed by atoms with Crippen molar-refractivity contribution in [2.75, 3.05) is 29.9 Å². The predicted octanol–water partition coefficient (Wildman–Crippen LogP) is 2.83. The molecule has 174 valence electrons. The zero-order valence-corrected chi connectivity index (χ0v) is 18.0. The third-order valence-electron chi connectivity index (χ3n) is 6.00. The topological polar surface area (TPSA) is 82.6 Å². The summed E-state index contributed by atoms with van der Waals surface area (Å²) in [7, 11) is 0. The van der Waals surface area contributed by atoms with E-state index in [1.807, 2.05) is 11.8 Å². The van der Waals surface area contributed by atoms with Crippen molar-refractivity contribution in [2.24, 2.45) is 0 Å². The maximum absolute atomic E-state index is 12.8. The molecule has 2 aromatic rings. The van der Waals surface area contributed by atoms with Crippen molar-refractivity contribution in [1.82, 2.24) is 9.88 Å². The lowest BCUT2D eigenvalue weighted by molar-refractivity contribution is -0.143. The van der Waals surface area contributed by atoms with Gasteiger partial charge < -0.3 is 15.1 Å². The van der Waals surface area contributed by atoms with Gasteiger partial charge in [-0.1, -0.05) is 6.07 Å². The lowest BCUT2D eigenvalue weighted by Crippen LogP contribution is -2.56. The molecule has 1 fully saturated rings. The molecule has 0 spiro atoms. The molecule has 1 aromatic carbocycles. The van der Waals surface area contributed by atoms with Gasteiger partial charge in [0.1, 0.15) is 11.6 Å². The Morgan fingerprint density at radius 1 is 1.09 bits per heavy atom. The van der Waals surface area contributed by atoms with E-state index < -0.39 is 23.6 Å². The second-order valence-corrected chi connectivity index (χ2v) is 8.35. The molecule has 1 aromatic heterocycles. The monoisotopic (exact) mass is 460 g/mol. The van der Waals surface area contributed by atoms with Crippen molar-refractivity contribution in [1.29, 1.82) is 0 Å². The third-order valence-corrected chi connectivity index (χ3v) is 6.00. The molecule has 1 N–H and O–H groups in total. The standard InChI is InChI=1S/C23H23F3N4O3/c1-14-13-29(8-9-30(14)20-7-4-17(12-27-20)23(24,25)26)22(33)21(32)28-18-5-2-16-11-19(31)6-3-15(16)10-18/h2,4-5,7,10,12,14H,3,6,8-9,11,13H2,1H3,(H,28,32)/t14-/m1/s1. The number of alkyl halides is 3. The van der Waals surface area contributed by atoms with Crippen LogP contribution in [0.15, 0.2) is 36.5 Å². The Bertz CT molecular complexity index is 1090. The number of carbonyl (C=O) groups is 3. The van der Waals surface area contributed by atoms with Crippen molar-refractivity contribution in [3.8, 4) is 0 Å². The molecule has 2 amide bonds. The van der Waals surface area contributed by atoms with Crippen molar-refractivity contribution >= 4 is 29.1 Å². The van der Waals surface area contributed by atoms with Gasteiger partial charge in [0, 0.05) is 50.4 Å². The molecule has 1 saturated heterocycles. The van der Waals surface area contributed by atoms with Crippen LogP contribution >= 0.6 is 0 Å². The molecule has 2 aliphatic rings. The van der Waals surface area contributed by atoms with E-state index in [9.17, 15) is 27.6 Å². The molecule has 0 radical (unpaired) electrons. The Hall–Kier alpha value is -3.43. The Labute approximate surface area is 188 Å². The third kappa shape index (κ3) is 4.99. The number of Topliss-reactive ketones (excluding diaryl/α,β-unsaturated/α-hetero) is 1. The van der Waals surface area contributed by atoms with Gasteiger partial charge in [0.2, 0.25) is 0 Å². The van der Waals surface area contributed by atoms with Crippen LogP contribution in [0.1, 0.15) is 30.0 Å². The molecular formula is C23H23F3N4O3. The molecular weight excluding hydrogens is 437 g/mol. The summed E-state index contributed by atoms with van der Waals surface area (Å²) in [5.74, 6) is -0.848. The van der Waals surface area contributed by atoms with E-state index in [1.165, 1.54) is 11.0 Å². The van der Waals surface area contributed by atoms with Crippen molar-refractivity contribution in [3.63, 3.8) is 0 Å². The molecule has 0 bridgehead atoms. The minimum atomic E-state index is -4.45. The normalized spacial score (nSPS) is 18.7. The van der Waals surface area contributed by atoms with Gasteiger partial charge >= 0.3 is 18.0 Å².